The van der Waals surface area contributed by atoms with Gasteiger partial charge in [0, 0.05) is 50.2 Å². The second-order valence-electron chi connectivity index (χ2n) is 8.39. The van der Waals surface area contributed by atoms with Gasteiger partial charge in [0.2, 0.25) is 0 Å². The van der Waals surface area contributed by atoms with Crippen LogP contribution in [0.1, 0.15) is 13.8 Å². The first-order valence-corrected chi connectivity index (χ1v) is 10.2. The van der Waals surface area contributed by atoms with Crippen LogP contribution < -0.4 is 15.0 Å². The number of aliphatic carboxylic acids is 1. The second-order valence-corrected chi connectivity index (χ2v) is 8.39. The molecule has 2 aromatic carbocycles. The van der Waals surface area contributed by atoms with Crippen molar-refractivity contribution in [1.29, 1.82) is 0 Å². The lowest BCUT2D eigenvalue weighted by Gasteiger charge is -2.38. The number of nitrogens with zero attached hydrogens (tertiary/aromatic N) is 3. The van der Waals surface area contributed by atoms with E-state index >= 15 is 0 Å². The molecule has 0 aliphatic carbocycles. The number of halogens is 1. The molecule has 0 radical (unpaired) electrons. The molecule has 0 spiro atoms. The van der Waals surface area contributed by atoms with Crippen molar-refractivity contribution < 1.29 is 24.0 Å². The first kappa shape index (κ1) is 23.3. The molecule has 0 bridgehead atoms. The van der Waals surface area contributed by atoms with Gasteiger partial charge < -0.3 is 20.1 Å². The molecule has 0 unspecified atom stereocenters. The number of carboxylic acids is 1. The van der Waals surface area contributed by atoms with E-state index in [0.717, 1.165) is 37.9 Å². The SMILES string of the molecule is COc1cc(Nc2ccc(N3CCN(CC(C)(C)C(=O)O)CC3)cc2)c([N+](=O)[O-])cc1F. The quantitative estimate of drug-likeness (QED) is 0.467. The van der Waals surface area contributed by atoms with Gasteiger partial charge in [-0.1, -0.05) is 0 Å². The molecule has 32 heavy (non-hydrogen) atoms. The Kier molecular flexibility index (Phi) is 6.83. The average Bonchev–Trinajstić information content (AvgIpc) is 2.75. The van der Waals surface area contributed by atoms with Gasteiger partial charge in [0.15, 0.2) is 11.6 Å². The standard InChI is InChI=1S/C22H27FN4O5/c1-22(2,21(28)29)14-25-8-10-26(11-9-25)16-6-4-15(5-7-16)24-18-13-20(32-3)17(23)12-19(18)27(30)31/h4-7,12-13,24H,8-11,14H2,1-3H3,(H,28,29). The highest BCUT2D eigenvalue weighted by atomic mass is 19.1. The van der Waals surface area contributed by atoms with Crippen molar-refractivity contribution in [3.05, 3.63) is 52.3 Å². The minimum absolute atomic E-state index is 0.0846. The fraction of sp³-hybridized carbons (Fsp3) is 0.409. The van der Waals surface area contributed by atoms with Crippen LogP contribution in [0.2, 0.25) is 0 Å². The lowest BCUT2D eigenvalue weighted by Crippen LogP contribution is -2.50. The van der Waals surface area contributed by atoms with Gasteiger partial charge in [0.25, 0.3) is 5.69 Å². The molecule has 2 N–H and O–H groups in total. The Labute approximate surface area is 185 Å². The summed E-state index contributed by atoms with van der Waals surface area (Å²) in [6, 6.07) is 9.51. The number of carbonyl (C=O) groups is 1. The minimum atomic E-state index is -0.804. The number of nitrogens with one attached hydrogen (secondary N) is 1. The number of hydrogen-bond acceptors (Lipinski definition) is 7. The van der Waals surface area contributed by atoms with E-state index in [-0.39, 0.29) is 17.1 Å². The van der Waals surface area contributed by atoms with E-state index in [0.29, 0.717) is 12.2 Å². The summed E-state index contributed by atoms with van der Waals surface area (Å²) < 4.78 is 18.8. The van der Waals surface area contributed by atoms with Crippen molar-refractivity contribution in [2.75, 3.05) is 50.1 Å². The normalized spacial score (nSPS) is 14.8. The van der Waals surface area contributed by atoms with Crippen molar-refractivity contribution in [3.63, 3.8) is 0 Å². The Balaban J connectivity index is 1.66. The van der Waals surface area contributed by atoms with E-state index in [2.05, 4.69) is 15.1 Å². The molecule has 172 valence electrons. The molecule has 1 aliphatic rings. The molecular formula is C22H27FN4O5. The molecule has 2 aromatic rings. The lowest BCUT2D eigenvalue weighted by atomic mass is 9.93. The van der Waals surface area contributed by atoms with Crippen molar-refractivity contribution >= 4 is 28.7 Å². The van der Waals surface area contributed by atoms with Gasteiger partial charge in [-0.2, -0.15) is 0 Å². The zero-order chi connectivity index (χ0) is 23.5. The smallest absolute Gasteiger partial charge is 0.310 e. The highest BCUT2D eigenvalue weighted by molar-refractivity contribution is 5.74. The number of rotatable bonds is 8. The molecule has 0 amide bonds. The Morgan fingerprint density at radius 2 is 1.84 bits per heavy atom. The fourth-order valence-electron chi connectivity index (χ4n) is 3.65. The first-order valence-electron chi connectivity index (χ1n) is 10.2. The van der Waals surface area contributed by atoms with Crippen LogP contribution in [0.4, 0.5) is 27.1 Å². The molecule has 0 saturated carbocycles. The van der Waals surface area contributed by atoms with E-state index in [9.17, 15) is 24.4 Å². The topological polar surface area (TPSA) is 108 Å². The molecule has 1 aliphatic heterocycles. The maximum atomic E-state index is 13.9. The third-order valence-corrected chi connectivity index (χ3v) is 5.55. The van der Waals surface area contributed by atoms with Crippen molar-refractivity contribution in [3.8, 4) is 5.75 Å². The summed E-state index contributed by atoms with van der Waals surface area (Å²) in [5.74, 6) is -1.69. The summed E-state index contributed by atoms with van der Waals surface area (Å²) in [6.07, 6.45) is 0. The van der Waals surface area contributed by atoms with E-state index < -0.39 is 22.1 Å². The molecule has 0 atom stereocenters. The molecule has 9 nitrogen and oxygen atoms in total. The highest BCUT2D eigenvalue weighted by Gasteiger charge is 2.31. The summed E-state index contributed by atoms with van der Waals surface area (Å²) >= 11 is 0. The zero-order valence-corrected chi connectivity index (χ0v) is 18.3. The number of carboxylic acid groups (broad SMARTS) is 1. The van der Waals surface area contributed by atoms with Gasteiger partial charge in [0.05, 0.1) is 23.5 Å². The third kappa shape index (κ3) is 5.25. The monoisotopic (exact) mass is 446 g/mol. The Morgan fingerprint density at radius 3 is 2.38 bits per heavy atom. The number of nitro benzene ring substituents is 1. The van der Waals surface area contributed by atoms with Gasteiger partial charge in [-0.25, -0.2) is 4.39 Å². The summed E-state index contributed by atoms with van der Waals surface area (Å²) in [7, 11) is 1.30. The van der Waals surface area contributed by atoms with E-state index in [1.807, 2.05) is 12.1 Å². The maximum Gasteiger partial charge on any atom is 0.310 e. The van der Waals surface area contributed by atoms with Gasteiger partial charge >= 0.3 is 5.97 Å². The van der Waals surface area contributed by atoms with Crippen molar-refractivity contribution in [2.45, 2.75) is 13.8 Å². The Bertz CT molecular complexity index is 989. The highest BCUT2D eigenvalue weighted by Crippen LogP contribution is 2.34. The number of anilines is 3. The number of benzene rings is 2. The molecule has 10 heteroatoms. The molecule has 0 aromatic heterocycles. The molecule has 1 heterocycles. The van der Waals surface area contributed by atoms with E-state index in [1.165, 1.54) is 13.2 Å². The Morgan fingerprint density at radius 1 is 1.22 bits per heavy atom. The average molecular weight is 446 g/mol. The van der Waals surface area contributed by atoms with Gasteiger partial charge in [-0.05, 0) is 38.1 Å². The molecule has 1 fully saturated rings. The molecule has 1 saturated heterocycles. The van der Waals surface area contributed by atoms with Gasteiger partial charge in [-0.3, -0.25) is 19.8 Å². The summed E-state index contributed by atoms with van der Waals surface area (Å²) in [5.41, 5.74) is 0.580. The predicted molar refractivity (Wildman–Crippen MR) is 119 cm³/mol. The summed E-state index contributed by atoms with van der Waals surface area (Å²) in [5, 5.41) is 23.6. The van der Waals surface area contributed by atoms with Crippen LogP contribution in [-0.4, -0.2) is 60.7 Å². The van der Waals surface area contributed by atoms with Crippen LogP contribution in [0, 0.1) is 21.3 Å². The van der Waals surface area contributed by atoms with E-state index in [1.54, 1.807) is 26.0 Å². The lowest BCUT2D eigenvalue weighted by molar-refractivity contribution is -0.384. The number of piperazine rings is 1. The van der Waals surface area contributed by atoms with E-state index in [4.69, 9.17) is 4.74 Å². The van der Waals surface area contributed by atoms with Crippen LogP contribution in [0.15, 0.2) is 36.4 Å². The zero-order valence-electron chi connectivity index (χ0n) is 18.3. The van der Waals surface area contributed by atoms with Crippen molar-refractivity contribution in [1.82, 2.24) is 4.90 Å². The maximum absolute atomic E-state index is 13.9. The van der Waals surface area contributed by atoms with Crippen LogP contribution in [0.5, 0.6) is 5.75 Å². The number of hydrogen-bond donors (Lipinski definition) is 2. The first-order chi connectivity index (χ1) is 15.1. The van der Waals surface area contributed by atoms with Crippen molar-refractivity contribution in [2.24, 2.45) is 5.41 Å². The number of methoxy groups -OCH3 is 1. The van der Waals surface area contributed by atoms with Crippen LogP contribution >= 0.6 is 0 Å². The summed E-state index contributed by atoms with van der Waals surface area (Å²) in [4.78, 5) is 26.3. The number of nitro groups is 1. The summed E-state index contributed by atoms with van der Waals surface area (Å²) in [6.45, 7) is 7.02. The minimum Gasteiger partial charge on any atom is -0.494 e. The number of ether oxygens (including phenoxy) is 1. The predicted octanol–water partition coefficient (Wildman–Crippen LogP) is 3.72. The fourth-order valence-corrected chi connectivity index (χ4v) is 3.65. The van der Waals surface area contributed by atoms with Gasteiger partial charge in [-0.15, -0.1) is 0 Å². The van der Waals surface area contributed by atoms with Gasteiger partial charge in [0.1, 0.15) is 5.69 Å². The van der Waals surface area contributed by atoms with Crippen LogP contribution in [-0.2, 0) is 4.79 Å². The Hall–Kier alpha value is -3.40. The van der Waals surface area contributed by atoms with Crippen LogP contribution in [0.25, 0.3) is 0 Å². The largest absolute Gasteiger partial charge is 0.494 e. The third-order valence-electron chi connectivity index (χ3n) is 5.55. The second kappa shape index (κ2) is 9.39. The molecular weight excluding hydrogens is 419 g/mol. The molecule has 3 rings (SSSR count). The van der Waals surface area contributed by atoms with Crippen LogP contribution in [0.3, 0.4) is 0 Å².